The number of carbonyl (C=O) groups is 1. The number of anilines is 1. The van der Waals surface area contributed by atoms with Gasteiger partial charge in [0.05, 0.1) is 22.8 Å². The van der Waals surface area contributed by atoms with E-state index in [1.165, 1.54) is 15.9 Å². The van der Waals surface area contributed by atoms with E-state index in [0.29, 0.717) is 11.1 Å². The van der Waals surface area contributed by atoms with Crippen molar-refractivity contribution in [1.29, 1.82) is 0 Å². The zero-order valence-corrected chi connectivity index (χ0v) is 15.6. The van der Waals surface area contributed by atoms with Crippen LogP contribution in [-0.2, 0) is 7.05 Å². The summed E-state index contributed by atoms with van der Waals surface area (Å²) in [6.07, 6.45) is 1.65. The van der Waals surface area contributed by atoms with Gasteiger partial charge in [-0.3, -0.25) is 14.3 Å². The molecule has 1 amide bonds. The van der Waals surface area contributed by atoms with Crippen molar-refractivity contribution in [2.75, 3.05) is 5.32 Å². The van der Waals surface area contributed by atoms with E-state index in [-0.39, 0.29) is 4.88 Å². The zero-order valence-electron chi connectivity index (χ0n) is 14.7. The molecule has 0 unspecified atom stereocenters. The average molecular weight is 401 g/mol. The Kier molecular flexibility index (Phi) is 4.31. The molecular formula is C19H13F2N3O3S. The maximum absolute atomic E-state index is 13.7. The van der Waals surface area contributed by atoms with Gasteiger partial charge in [-0.2, -0.15) is 0 Å². The number of nitrogens with one attached hydrogen (secondary N) is 1. The van der Waals surface area contributed by atoms with E-state index in [4.69, 9.17) is 4.42 Å². The van der Waals surface area contributed by atoms with Gasteiger partial charge in [-0.1, -0.05) is 0 Å². The first kappa shape index (κ1) is 18.1. The van der Waals surface area contributed by atoms with Crippen LogP contribution < -0.4 is 11.1 Å². The Morgan fingerprint density at radius 2 is 1.93 bits per heavy atom. The van der Waals surface area contributed by atoms with Gasteiger partial charge in [-0.05, 0) is 42.3 Å². The van der Waals surface area contributed by atoms with Gasteiger partial charge < -0.3 is 9.73 Å². The van der Waals surface area contributed by atoms with E-state index in [9.17, 15) is 18.4 Å². The van der Waals surface area contributed by atoms with Gasteiger partial charge >= 0.3 is 5.76 Å². The number of halogens is 2. The summed E-state index contributed by atoms with van der Waals surface area (Å²) in [5.41, 5.74) is 2.26. The molecule has 3 aromatic heterocycles. The third-order valence-corrected chi connectivity index (χ3v) is 5.44. The first-order chi connectivity index (χ1) is 13.3. The first-order valence-electron chi connectivity index (χ1n) is 8.16. The zero-order chi connectivity index (χ0) is 20.0. The Bertz CT molecular complexity index is 1270. The number of carbonyl (C=O) groups excluding carboxylic acids is 1. The summed E-state index contributed by atoms with van der Waals surface area (Å²) >= 11 is 1.17. The molecule has 0 bridgehead atoms. The molecule has 142 valence electrons. The number of amides is 1. The molecule has 0 aliphatic heterocycles. The number of pyridine rings is 1. The van der Waals surface area contributed by atoms with E-state index < -0.39 is 29.0 Å². The molecule has 0 aliphatic rings. The molecule has 3 heterocycles. The number of hydrogen-bond donors (Lipinski definition) is 1. The number of thiophene rings is 1. The average Bonchev–Trinajstić information content (AvgIpc) is 3.23. The molecule has 28 heavy (non-hydrogen) atoms. The molecule has 0 atom stereocenters. The lowest BCUT2D eigenvalue weighted by atomic mass is 10.1. The fourth-order valence-corrected chi connectivity index (χ4v) is 3.83. The Labute approximate surface area is 161 Å². The van der Waals surface area contributed by atoms with Crippen LogP contribution in [0.25, 0.3) is 21.5 Å². The molecule has 0 radical (unpaired) electrons. The number of fused-ring (bicyclic) bond motifs is 1. The van der Waals surface area contributed by atoms with Gasteiger partial charge in [0.1, 0.15) is 5.69 Å². The summed E-state index contributed by atoms with van der Waals surface area (Å²) in [4.78, 5) is 28.5. The summed E-state index contributed by atoms with van der Waals surface area (Å²) in [5, 5.41) is 2.24. The molecule has 4 aromatic rings. The molecule has 4 rings (SSSR count). The monoisotopic (exact) mass is 401 g/mol. The smallest absolute Gasteiger partial charge is 0.408 e. The summed E-state index contributed by atoms with van der Waals surface area (Å²) < 4.78 is 33.9. The van der Waals surface area contributed by atoms with E-state index in [1.54, 1.807) is 25.2 Å². The summed E-state index contributed by atoms with van der Waals surface area (Å²) in [7, 11) is 1.61. The molecule has 0 saturated heterocycles. The Hall–Kier alpha value is -3.33. The van der Waals surface area contributed by atoms with Crippen molar-refractivity contribution in [1.82, 2.24) is 9.55 Å². The summed E-state index contributed by atoms with van der Waals surface area (Å²) in [6.45, 7) is 1.86. The largest absolute Gasteiger partial charge is 0.419 e. The molecule has 0 aliphatic carbocycles. The lowest BCUT2D eigenvalue weighted by Gasteiger charge is -2.06. The fourth-order valence-electron chi connectivity index (χ4n) is 2.85. The van der Waals surface area contributed by atoms with Crippen molar-refractivity contribution in [3.8, 4) is 10.4 Å². The van der Waals surface area contributed by atoms with Crippen LogP contribution in [0.1, 0.15) is 15.2 Å². The third kappa shape index (κ3) is 2.99. The van der Waals surface area contributed by atoms with E-state index in [0.717, 1.165) is 28.4 Å². The van der Waals surface area contributed by atoms with Gasteiger partial charge in [0, 0.05) is 11.9 Å². The minimum Gasteiger partial charge on any atom is -0.408 e. The van der Waals surface area contributed by atoms with Crippen LogP contribution in [0.5, 0.6) is 0 Å². The van der Waals surface area contributed by atoms with Crippen molar-refractivity contribution in [3.63, 3.8) is 0 Å². The lowest BCUT2D eigenvalue weighted by molar-refractivity contribution is 0.102. The van der Waals surface area contributed by atoms with Crippen LogP contribution in [0.15, 0.2) is 45.9 Å². The number of benzene rings is 1. The highest BCUT2D eigenvalue weighted by Crippen LogP contribution is 2.33. The second-order valence-corrected chi connectivity index (χ2v) is 7.24. The highest BCUT2D eigenvalue weighted by Gasteiger charge is 2.17. The molecule has 1 aromatic carbocycles. The Morgan fingerprint density at radius 1 is 1.21 bits per heavy atom. The molecule has 0 spiro atoms. The van der Waals surface area contributed by atoms with Crippen LogP contribution in [0, 0.1) is 18.6 Å². The first-order valence-corrected chi connectivity index (χ1v) is 8.97. The second kappa shape index (κ2) is 6.68. The minimum atomic E-state index is -0.952. The maximum Gasteiger partial charge on any atom is 0.419 e. The standard InChI is InChI=1S/C19H13F2N3O3S/c1-9-5-14-13(24(2)19(26)27-14)6-10(9)15-3-4-16(28-15)18(25)23-17-11(20)7-22-8-12(17)21/h3-8H,1-2H3,(H,22,23,25). The van der Waals surface area contributed by atoms with Crippen molar-refractivity contribution < 1.29 is 18.0 Å². The van der Waals surface area contributed by atoms with E-state index >= 15 is 0 Å². The maximum atomic E-state index is 13.7. The van der Waals surface area contributed by atoms with Crippen molar-refractivity contribution >= 4 is 34.0 Å². The van der Waals surface area contributed by atoms with Gasteiger partial charge in [0.25, 0.3) is 5.91 Å². The molecule has 9 heteroatoms. The second-order valence-electron chi connectivity index (χ2n) is 6.16. The Balaban J connectivity index is 1.69. The lowest BCUT2D eigenvalue weighted by Crippen LogP contribution is -2.13. The molecule has 1 N–H and O–H groups in total. The third-order valence-electron chi connectivity index (χ3n) is 4.33. The normalized spacial score (nSPS) is 11.1. The summed E-state index contributed by atoms with van der Waals surface area (Å²) in [6, 6.07) is 6.88. The predicted molar refractivity (Wildman–Crippen MR) is 102 cm³/mol. The highest BCUT2D eigenvalue weighted by molar-refractivity contribution is 7.17. The highest BCUT2D eigenvalue weighted by atomic mass is 32.1. The Morgan fingerprint density at radius 3 is 2.64 bits per heavy atom. The number of aryl methyl sites for hydroxylation is 2. The summed E-state index contributed by atoms with van der Waals surface area (Å²) in [5.74, 6) is -2.99. The van der Waals surface area contributed by atoms with Gasteiger partial charge in [-0.15, -0.1) is 11.3 Å². The van der Waals surface area contributed by atoms with Gasteiger partial charge in [0.15, 0.2) is 17.2 Å². The van der Waals surface area contributed by atoms with Crippen molar-refractivity contribution in [3.05, 3.63) is 69.3 Å². The number of rotatable bonds is 3. The fraction of sp³-hybridized carbons (Fsp3) is 0.105. The predicted octanol–water partition coefficient (Wildman–Crippen LogP) is 4.09. The van der Waals surface area contributed by atoms with Crippen LogP contribution >= 0.6 is 11.3 Å². The topological polar surface area (TPSA) is 77.1 Å². The molecule has 0 saturated carbocycles. The van der Waals surface area contributed by atoms with E-state index in [1.807, 2.05) is 13.0 Å². The van der Waals surface area contributed by atoms with Crippen LogP contribution in [0.3, 0.4) is 0 Å². The molecule has 0 fully saturated rings. The quantitative estimate of drug-likeness (QED) is 0.561. The SMILES string of the molecule is Cc1cc2oc(=O)n(C)c2cc1-c1ccc(C(=O)Nc2c(F)cncc2F)s1. The van der Waals surface area contributed by atoms with Crippen LogP contribution in [0.4, 0.5) is 14.5 Å². The molecule has 6 nitrogen and oxygen atoms in total. The molecular weight excluding hydrogens is 388 g/mol. The van der Waals surface area contributed by atoms with Gasteiger partial charge in [-0.25, -0.2) is 13.6 Å². The van der Waals surface area contributed by atoms with Crippen LogP contribution in [-0.4, -0.2) is 15.5 Å². The van der Waals surface area contributed by atoms with Crippen LogP contribution in [0.2, 0.25) is 0 Å². The number of aromatic nitrogens is 2. The number of nitrogens with zero attached hydrogens (tertiary/aromatic N) is 2. The van der Waals surface area contributed by atoms with Gasteiger partial charge in [0.2, 0.25) is 0 Å². The van der Waals surface area contributed by atoms with Crippen molar-refractivity contribution in [2.24, 2.45) is 7.05 Å². The number of hydrogen-bond acceptors (Lipinski definition) is 5. The minimum absolute atomic E-state index is 0.284. The number of oxazole rings is 1. The van der Waals surface area contributed by atoms with Crippen molar-refractivity contribution in [2.45, 2.75) is 6.92 Å². The van der Waals surface area contributed by atoms with E-state index in [2.05, 4.69) is 10.3 Å².